The zero-order valence-electron chi connectivity index (χ0n) is 17.4. The lowest BCUT2D eigenvalue weighted by molar-refractivity contribution is 0.444. The summed E-state index contributed by atoms with van der Waals surface area (Å²) in [5.74, 6) is 2.02. The van der Waals surface area contributed by atoms with Crippen molar-refractivity contribution in [3.05, 3.63) is 30.6 Å². The summed E-state index contributed by atoms with van der Waals surface area (Å²) < 4.78 is 13.3. The van der Waals surface area contributed by atoms with Gasteiger partial charge < -0.3 is 26.3 Å². The summed E-state index contributed by atoms with van der Waals surface area (Å²) in [6.45, 7) is 3.73. The van der Waals surface area contributed by atoms with Gasteiger partial charge in [0.25, 0.3) is 0 Å². The van der Waals surface area contributed by atoms with Crippen LogP contribution in [0.2, 0.25) is 0 Å². The number of nitrogens with two attached hydrogens (primary N) is 1. The van der Waals surface area contributed by atoms with Gasteiger partial charge in [0.1, 0.15) is 5.82 Å². The molecular formula is C21H28N8OS. The number of aromatic amines is 1. The number of aromatic nitrogens is 4. The van der Waals surface area contributed by atoms with E-state index in [1.165, 1.54) is 0 Å². The van der Waals surface area contributed by atoms with Crippen LogP contribution in [0.15, 0.2) is 35.5 Å². The van der Waals surface area contributed by atoms with Crippen LogP contribution in [0.25, 0.3) is 10.9 Å². The third-order valence-electron chi connectivity index (χ3n) is 6.04. The number of H-pyrrole nitrogens is 1. The molecule has 1 aromatic carbocycles. The van der Waals surface area contributed by atoms with Crippen LogP contribution < -0.4 is 21.3 Å². The lowest BCUT2D eigenvalue weighted by Crippen LogP contribution is -2.44. The Morgan fingerprint density at radius 1 is 1.10 bits per heavy atom. The SMILES string of the molecule is NC1CCC(S(=O)c2cccc3cnc(Nc4cnc(N5CCNCC5)[nH]4)nc23)CC1. The first-order chi connectivity index (χ1) is 15.2. The summed E-state index contributed by atoms with van der Waals surface area (Å²) in [6.07, 6.45) is 7.17. The zero-order valence-corrected chi connectivity index (χ0v) is 18.2. The molecule has 164 valence electrons. The number of nitrogens with one attached hydrogen (secondary N) is 3. The van der Waals surface area contributed by atoms with E-state index in [1.54, 1.807) is 12.4 Å². The number of fused-ring (bicyclic) bond motifs is 1. The van der Waals surface area contributed by atoms with Crippen molar-refractivity contribution in [1.82, 2.24) is 25.3 Å². The third kappa shape index (κ3) is 4.41. The molecule has 0 amide bonds. The van der Waals surface area contributed by atoms with Gasteiger partial charge in [-0.3, -0.25) is 4.21 Å². The molecule has 5 rings (SSSR count). The smallest absolute Gasteiger partial charge is 0.228 e. The van der Waals surface area contributed by atoms with Gasteiger partial charge in [0.05, 0.1) is 27.4 Å². The van der Waals surface area contributed by atoms with Gasteiger partial charge in [-0.25, -0.2) is 15.0 Å². The lowest BCUT2D eigenvalue weighted by Gasteiger charge is -2.26. The van der Waals surface area contributed by atoms with Crippen molar-refractivity contribution in [3.8, 4) is 0 Å². The fraction of sp³-hybridized carbons (Fsp3) is 0.476. The van der Waals surface area contributed by atoms with E-state index in [0.717, 1.165) is 79.4 Å². The third-order valence-corrected chi connectivity index (χ3v) is 7.88. The molecule has 0 radical (unpaired) electrons. The van der Waals surface area contributed by atoms with Gasteiger partial charge in [-0.1, -0.05) is 12.1 Å². The van der Waals surface area contributed by atoms with Crippen LogP contribution in [0.5, 0.6) is 0 Å². The Labute approximate surface area is 183 Å². The monoisotopic (exact) mass is 440 g/mol. The van der Waals surface area contributed by atoms with Crippen molar-refractivity contribution in [2.75, 3.05) is 36.4 Å². The Hall–Kier alpha value is -2.56. The van der Waals surface area contributed by atoms with E-state index in [-0.39, 0.29) is 11.3 Å². The van der Waals surface area contributed by atoms with Crippen molar-refractivity contribution in [1.29, 1.82) is 0 Å². The van der Waals surface area contributed by atoms with Gasteiger partial charge in [0.2, 0.25) is 11.9 Å². The second kappa shape index (κ2) is 8.89. The second-order valence-corrected chi connectivity index (χ2v) is 9.91. The molecular weight excluding hydrogens is 412 g/mol. The van der Waals surface area contributed by atoms with Crippen LogP contribution in [0.4, 0.5) is 17.7 Å². The Morgan fingerprint density at radius 2 is 1.90 bits per heavy atom. The fourth-order valence-electron chi connectivity index (χ4n) is 4.27. The number of hydrogen-bond donors (Lipinski definition) is 4. The molecule has 0 bridgehead atoms. The number of para-hydroxylation sites is 1. The first-order valence-electron chi connectivity index (χ1n) is 10.9. The van der Waals surface area contributed by atoms with Crippen LogP contribution in [-0.4, -0.2) is 61.6 Å². The molecule has 3 aromatic rings. The summed E-state index contributed by atoms with van der Waals surface area (Å²) in [7, 11) is -1.12. The summed E-state index contributed by atoms with van der Waals surface area (Å²) >= 11 is 0. The zero-order chi connectivity index (χ0) is 21.2. The molecule has 31 heavy (non-hydrogen) atoms. The maximum atomic E-state index is 13.3. The number of nitrogens with zero attached hydrogens (tertiary/aromatic N) is 4. The molecule has 1 unspecified atom stereocenters. The average Bonchev–Trinajstić information content (AvgIpc) is 3.28. The standard InChI is InChI=1S/C21H28N8OS/c22-15-4-6-16(7-5-15)31(30)17-3-1-2-14-12-24-20(28-19(14)17)26-18-13-25-21(27-18)29-10-8-23-9-11-29/h1-3,12-13,15-16,23H,4-11,22H2,(H,25,27)(H,24,26,28). The van der Waals surface area contributed by atoms with Crippen molar-refractivity contribution < 1.29 is 4.21 Å². The highest BCUT2D eigenvalue weighted by atomic mass is 32.2. The van der Waals surface area contributed by atoms with Gasteiger partial charge in [-0.05, 0) is 31.7 Å². The molecule has 5 N–H and O–H groups in total. The van der Waals surface area contributed by atoms with Crippen molar-refractivity contribution >= 4 is 39.4 Å². The highest BCUT2D eigenvalue weighted by Gasteiger charge is 2.26. The highest BCUT2D eigenvalue weighted by Crippen LogP contribution is 2.29. The van der Waals surface area contributed by atoms with Crippen molar-refractivity contribution in [2.45, 2.75) is 41.9 Å². The summed E-state index contributed by atoms with van der Waals surface area (Å²) in [6, 6.07) is 6.03. The Balaban J connectivity index is 1.37. The predicted molar refractivity (Wildman–Crippen MR) is 123 cm³/mol. The fourth-order valence-corrected chi connectivity index (χ4v) is 5.89. The van der Waals surface area contributed by atoms with Crippen molar-refractivity contribution in [2.24, 2.45) is 5.73 Å². The topological polar surface area (TPSA) is 125 Å². The van der Waals surface area contributed by atoms with Crippen LogP contribution in [0.3, 0.4) is 0 Å². The quantitative estimate of drug-likeness (QED) is 0.474. The number of anilines is 3. The number of hydrogen-bond acceptors (Lipinski definition) is 8. The van der Waals surface area contributed by atoms with Gasteiger partial charge in [0, 0.05) is 49.1 Å². The second-order valence-electron chi connectivity index (χ2n) is 8.20. The molecule has 2 fully saturated rings. The Bertz CT molecular complexity index is 1070. The number of piperazine rings is 1. The van der Waals surface area contributed by atoms with E-state index < -0.39 is 10.8 Å². The van der Waals surface area contributed by atoms with Crippen LogP contribution >= 0.6 is 0 Å². The van der Waals surface area contributed by atoms with E-state index in [4.69, 9.17) is 10.7 Å². The minimum Gasteiger partial charge on any atom is -0.340 e. The average molecular weight is 441 g/mol. The van der Waals surface area contributed by atoms with E-state index in [9.17, 15) is 4.21 Å². The normalized spacial score (nSPS) is 23.1. The molecule has 1 saturated carbocycles. The molecule has 1 aliphatic heterocycles. The van der Waals surface area contributed by atoms with E-state index in [1.807, 2.05) is 18.2 Å². The number of rotatable bonds is 5. The molecule has 1 aliphatic carbocycles. The molecule has 1 saturated heterocycles. The highest BCUT2D eigenvalue weighted by molar-refractivity contribution is 7.86. The number of imidazole rings is 1. The maximum Gasteiger partial charge on any atom is 0.228 e. The van der Waals surface area contributed by atoms with E-state index in [0.29, 0.717) is 5.95 Å². The van der Waals surface area contributed by atoms with Crippen LogP contribution in [0, 0.1) is 0 Å². The Morgan fingerprint density at radius 3 is 2.71 bits per heavy atom. The summed E-state index contributed by atoms with van der Waals surface area (Å²) in [5, 5.41) is 7.56. The minimum absolute atomic E-state index is 0.131. The molecule has 3 heterocycles. The van der Waals surface area contributed by atoms with E-state index >= 15 is 0 Å². The first kappa shape index (κ1) is 20.3. The maximum absolute atomic E-state index is 13.3. The first-order valence-corrected chi connectivity index (χ1v) is 12.1. The molecule has 0 spiro atoms. The van der Waals surface area contributed by atoms with Gasteiger partial charge >= 0.3 is 0 Å². The molecule has 9 nitrogen and oxygen atoms in total. The molecule has 10 heteroatoms. The largest absolute Gasteiger partial charge is 0.340 e. The summed E-state index contributed by atoms with van der Waals surface area (Å²) in [4.78, 5) is 19.9. The van der Waals surface area contributed by atoms with E-state index in [2.05, 4.69) is 30.5 Å². The van der Waals surface area contributed by atoms with Gasteiger partial charge in [0.15, 0.2) is 0 Å². The summed E-state index contributed by atoms with van der Waals surface area (Å²) in [5.41, 5.74) is 6.76. The molecule has 2 aromatic heterocycles. The van der Waals surface area contributed by atoms with Crippen LogP contribution in [0.1, 0.15) is 25.7 Å². The minimum atomic E-state index is -1.12. The van der Waals surface area contributed by atoms with Gasteiger partial charge in [-0.15, -0.1) is 0 Å². The molecule has 1 atom stereocenters. The number of benzene rings is 1. The Kier molecular flexibility index (Phi) is 5.84. The predicted octanol–water partition coefficient (Wildman–Crippen LogP) is 1.88. The molecule has 2 aliphatic rings. The van der Waals surface area contributed by atoms with Crippen molar-refractivity contribution in [3.63, 3.8) is 0 Å². The van der Waals surface area contributed by atoms with Gasteiger partial charge in [-0.2, -0.15) is 0 Å². The van der Waals surface area contributed by atoms with Crippen LogP contribution in [-0.2, 0) is 10.8 Å². The lowest BCUT2D eigenvalue weighted by atomic mass is 9.96.